The fourth-order valence-electron chi connectivity index (χ4n) is 4.81. The highest BCUT2D eigenvalue weighted by Crippen LogP contribution is 2.29. The van der Waals surface area contributed by atoms with Crippen LogP contribution in [0.5, 0.6) is 0 Å². The van der Waals surface area contributed by atoms with Crippen LogP contribution in [0.15, 0.2) is 54.7 Å². The van der Waals surface area contributed by atoms with E-state index < -0.39 is 23.5 Å². The van der Waals surface area contributed by atoms with Gasteiger partial charge in [0.05, 0.1) is 12.6 Å². The van der Waals surface area contributed by atoms with Gasteiger partial charge in [0.25, 0.3) is 0 Å². The van der Waals surface area contributed by atoms with Gasteiger partial charge < -0.3 is 21.0 Å². The van der Waals surface area contributed by atoms with Gasteiger partial charge in [-0.2, -0.15) is 0 Å². The molecule has 1 saturated heterocycles. The number of hydrogen-bond acceptors (Lipinski definition) is 7. The fourth-order valence-corrected chi connectivity index (χ4v) is 4.81. The lowest BCUT2D eigenvalue weighted by atomic mass is 9.96. The Labute approximate surface area is 207 Å². The molecule has 36 heavy (non-hydrogen) atoms. The molecular weight excluding hydrogens is 465 g/mol. The molecule has 1 unspecified atom stereocenters. The van der Waals surface area contributed by atoms with Gasteiger partial charge in [-0.25, -0.2) is 14.2 Å². The van der Waals surface area contributed by atoms with Crippen LogP contribution in [-0.2, 0) is 27.3 Å². The number of nitrogens with two attached hydrogens (primary N) is 1. The highest BCUT2D eigenvalue weighted by molar-refractivity contribution is 5.91. The van der Waals surface area contributed by atoms with E-state index in [1.807, 2.05) is 24.3 Å². The zero-order valence-electron chi connectivity index (χ0n) is 19.6. The number of pyridine rings is 1. The van der Waals surface area contributed by atoms with Gasteiger partial charge in [0.1, 0.15) is 17.9 Å². The Kier molecular flexibility index (Phi) is 7.56. The molecule has 1 aliphatic heterocycles. The minimum absolute atomic E-state index is 0.0552. The van der Waals surface area contributed by atoms with Crippen molar-refractivity contribution in [3.05, 3.63) is 71.7 Å². The van der Waals surface area contributed by atoms with Gasteiger partial charge in [0.2, 0.25) is 5.91 Å². The summed E-state index contributed by atoms with van der Waals surface area (Å²) in [6.07, 6.45) is 3.22. The van der Waals surface area contributed by atoms with E-state index in [4.69, 9.17) is 5.73 Å². The summed E-state index contributed by atoms with van der Waals surface area (Å²) in [5.41, 5.74) is 5.62. The van der Waals surface area contributed by atoms with Gasteiger partial charge in [0, 0.05) is 31.1 Å². The van der Waals surface area contributed by atoms with E-state index in [9.17, 15) is 23.9 Å². The van der Waals surface area contributed by atoms with E-state index in [1.54, 1.807) is 11.1 Å². The zero-order valence-corrected chi connectivity index (χ0v) is 19.6. The molecule has 0 spiro atoms. The largest absolute Gasteiger partial charge is 0.479 e. The second-order valence-corrected chi connectivity index (χ2v) is 8.84. The maximum Gasteiger partial charge on any atom is 0.339 e. The number of rotatable bonds is 10. The SMILES string of the molecule is Nc1nccc2cc(CNC(=O)[C@@H]3CCCN3C(Cc3ccc(F)cc3)(NCC=O)C(=O)O)ccc12. The molecular formula is C26H28FN5O4. The number of aromatic nitrogens is 1. The molecule has 2 heterocycles. The third-order valence-electron chi connectivity index (χ3n) is 6.58. The minimum Gasteiger partial charge on any atom is -0.479 e. The van der Waals surface area contributed by atoms with Gasteiger partial charge in [-0.15, -0.1) is 0 Å². The van der Waals surface area contributed by atoms with Gasteiger partial charge in [0.15, 0.2) is 5.66 Å². The standard InChI is InChI=1S/C26H28FN5O4/c27-20-6-3-17(4-7-20)15-26(25(35)36,31-11-13-33)32-12-1-2-22(32)24(34)30-16-18-5-8-21-19(14-18)9-10-29-23(21)28/h3-10,13-14,22,31H,1-2,11-12,15-16H2,(H2,28,29)(H,30,34)(H,35,36)/t22-,26?/m0/s1. The van der Waals surface area contributed by atoms with Crippen LogP contribution in [0.4, 0.5) is 10.2 Å². The summed E-state index contributed by atoms with van der Waals surface area (Å²) in [7, 11) is 0. The molecule has 0 radical (unpaired) electrons. The monoisotopic (exact) mass is 493 g/mol. The van der Waals surface area contributed by atoms with Crippen molar-refractivity contribution in [2.75, 3.05) is 18.8 Å². The maximum absolute atomic E-state index is 13.4. The van der Waals surface area contributed by atoms with Crippen molar-refractivity contribution in [2.24, 2.45) is 0 Å². The first-order valence-corrected chi connectivity index (χ1v) is 11.7. The maximum atomic E-state index is 13.4. The molecule has 1 aliphatic rings. The van der Waals surface area contributed by atoms with E-state index >= 15 is 0 Å². The van der Waals surface area contributed by atoms with Gasteiger partial charge >= 0.3 is 5.97 Å². The molecule has 9 nitrogen and oxygen atoms in total. The average molecular weight is 494 g/mol. The Morgan fingerprint density at radius 3 is 2.67 bits per heavy atom. The number of nitrogens with zero attached hydrogens (tertiary/aromatic N) is 2. The molecule has 0 aliphatic carbocycles. The molecule has 10 heteroatoms. The number of carbonyl (C=O) groups excluding carboxylic acids is 2. The third kappa shape index (κ3) is 5.19. The minimum atomic E-state index is -1.72. The quantitative estimate of drug-likeness (QED) is 0.314. The Bertz CT molecular complexity index is 1270. The molecule has 188 valence electrons. The van der Waals surface area contributed by atoms with Gasteiger partial charge in [-0.05, 0) is 53.6 Å². The number of carbonyl (C=O) groups is 3. The molecule has 1 amide bonds. The number of benzene rings is 2. The molecule has 0 saturated carbocycles. The first-order chi connectivity index (χ1) is 17.3. The first-order valence-electron chi connectivity index (χ1n) is 11.7. The first kappa shape index (κ1) is 25.2. The summed E-state index contributed by atoms with van der Waals surface area (Å²) in [6, 6.07) is 12.3. The van der Waals surface area contributed by atoms with E-state index in [0.717, 1.165) is 16.3 Å². The number of aliphatic carboxylic acids is 1. The number of likely N-dealkylation sites (tertiary alicyclic amines) is 1. The topological polar surface area (TPSA) is 138 Å². The number of aldehydes is 1. The van der Waals surface area contributed by atoms with Crippen LogP contribution in [0.25, 0.3) is 10.8 Å². The fraction of sp³-hybridized carbons (Fsp3) is 0.308. The summed E-state index contributed by atoms with van der Waals surface area (Å²) in [6.45, 7) is 0.383. The lowest BCUT2D eigenvalue weighted by molar-refractivity contribution is -0.157. The molecule has 0 bridgehead atoms. The molecule has 2 aromatic carbocycles. The molecule has 2 atom stereocenters. The molecule has 5 N–H and O–H groups in total. The molecule has 1 aromatic heterocycles. The number of fused-ring (bicyclic) bond motifs is 1. The Hall–Kier alpha value is -3.89. The normalized spacial score (nSPS) is 17.5. The summed E-state index contributed by atoms with van der Waals surface area (Å²) in [4.78, 5) is 42.7. The summed E-state index contributed by atoms with van der Waals surface area (Å²) < 4.78 is 13.4. The number of nitrogen functional groups attached to an aromatic ring is 1. The van der Waals surface area contributed by atoms with Crippen molar-refractivity contribution < 1.29 is 23.9 Å². The van der Waals surface area contributed by atoms with Crippen LogP contribution >= 0.6 is 0 Å². The lowest BCUT2D eigenvalue weighted by Crippen LogP contribution is -2.68. The van der Waals surface area contributed by atoms with Crippen LogP contribution in [-0.4, -0.2) is 57.9 Å². The highest BCUT2D eigenvalue weighted by Gasteiger charge is 2.50. The Morgan fingerprint density at radius 2 is 1.94 bits per heavy atom. The predicted octanol–water partition coefficient (Wildman–Crippen LogP) is 1.85. The molecule has 4 rings (SSSR count). The number of anilines is 1. The van der Waals surface area contributed by atoms with Crippen molar-refractivity contribution in [3.8, 4) is 0 Å². The van der Waals surface area contributed by atoms with Gasteiger partial charge in [-0.3, -0.25) is 15.0 Å². The lowest BCUT2D eigenvalue weighted by Gasteiger charge is -2.41. The number of carboxylic acid groups (broad SMARTS) is 1. The predicted molar refractivity (Wildman–Crippen MR) is 132 cm³/mol. The summed E-state index contributed by atoms with van der Waals surface area (Å²) in [5.74, 6) is -1.53. The van der Waals surface area contributed by atoms with Gasteiger partial charge in [-0.1, -0.05) is 24.3 Å². The number of nitrogens with one attached hydrogen (secondary N) is 2. The van der Waals surface area contributed by atoms with E-state index in [1.165, 1.54) is 24.3 Å². The van der Waals surface area contributed by atoms with Crippen molar-refractivity contribution in [2.45, 2.75) is 37.5 Å². The van der Waals surface area contributed by atoms with Crippen LogP contribution in [0.3, 0.4) is 0 Å². The number of halogens is 1. The summed E-state index contributed by atoms with van der Waals surface area (Å²) >= 11 is 0. The van der Waals surface area contributed by atoms with E-state index in [0.29, 0.717) is 37.1 Å². The molecule has 3 aromatic rings. The van der Waals surface area contributed by atoms with Crippen LogP contribution in [0, 0.1) is 5.82 Å². The summed E-state index contributed by atoms with van der Waals surface area (Å²) in [5, 5.41) is 17.8. The smallest absolute Gasteiger partial charge is 0.339 e. The van der Waals surface area contributed by atoms with Crippen molar-refractivity contribution in [3.63, 3.8) is 0 Å². The van der Waals surface area contributed by atoms with Crippen molar-refractivity contribution in [1.82, 2.24) is 20.5 Å². The molecule has 1 fully saturated rings. The van der Waals surface area contributed by atoms with Crippen LogP contribution < -0.4 is 16.4 Å². The zero-order chi connectivity index (χ0) is 25.7. The van der Waals surface area contributed by atoms with E-state index in [2.05, 4.69) is 15.6 Å². The Balaban J connectivity index is 1.55. The average Bonchev–Trinajstić information content (AvgIpc) is 3.37. The number of amides is 1. The van der Waals surface area contributed by atoms with E-state index in [-0.39, 0.29) is 25.4 Å². The van der Waals surface area contributed by atoms with Crippen molar-refractivity contribution >= 4 is 34.8 Å². The second kappa shape index (κ2) is 10.8. The second-order valence-electron chi connectivity index (χ2n) is 8.84. The third-order valence-corrected chi connectivity index (χ3v) is 6.58. The highest BCUT2D eigenvalue weighted by atomic mass is 19.1. The number of carboxylic acids is 1. The van der Waals surface area contributed by atoms with Crippen molar-refractivity contribution in [1.29, 1.82) is 0 Å². The number of hydrogen-bond donors (Lipinski definition) is 4. The Morgan fingerprint density at radius 1 is 1.19 bits per heavy atom. The van der Waals surface area contributed by atoms with Crippen LogP contribution in [0.1, 0.15) is 24.0 Å². The van der Waals surface area contributed by atoms with Crippen LogP contribution in [0.2, 0.25) is 0 Å².